The molecular formula is C13H17F3N2O2. The maximum Gasteiger partial charge on any atom is 0.405 e. The Morgan fingerprint density at radius 2 is 2.05 bits per heavy atom. The molecule has 1 heterocycles. The first-order valence-electron chi connectivity index (χ1n) is 6.32. The highest BCUT2D eigenvalue weighted by Gasteiger charge is 2.31. The molecule has 0 radical (unpaired) electrons. The van der Waals surface area contributed by atoms with Crippen LogP contribution in [0.5, 0.6) is 0 Å². The zero-order valence-corrected chi connectivity index (χ0v) is 11.4. The Kier molecular flexibility index (Phi) is 5.79. The minimum atomic E-state index is -4.29. The second-order valence-electron chi connectivity index (χ2n) is 4.16. The highest BCUT2D eigenvalue weighted by atomic mass is 19.4. The van der Waals surface area contributed by atoms with Crippen molar-refractivity contribution in [3.05, 3.63) is 23.9 Å². The Bertz CT molecular complexity index is 432. The number of halogens is 3. The molecule has 0 saturated heterocycles. The summed E-state index contributed by atoms with van der Waals surface area (Å²) < 4.78 is 42.2. The molecule has 0 spiro atoms. The normalized spacial score (nSPS) is 11.2. The van der Waals surface area contributed by atoms with Gasteiger partial charge in [0.2, 0.25) is 0 Å². The quantitative estimate of drug-likeness (QED) is 0.755. The summed E-state index contributed by atoms with van der Waals surface area (Å²) in [4.78, 5) is 16.5. The van der Waals surface area contributed by atoms with E-state index in [2.05, 4.69) is 4.98 Å². The predicted molar refractivity (Wildman–Crippen MR) is 68.8 cm³/mol. The zero-order chi connectivity index (χ0) is 15.2. The number of anilines is 1. The van der Waals surface area contributed by atoms with Gasteiger partial charge in [-0.15, -0.1) is 0 Å². The number of esters is 1. The second-order valence-corrected chi connectivity index (χ2v) is 4.16. The van der Waals surface area contributed by atoms with Crippen molar-refractivity contribution in [1.82, 2.24) is 4.98 Å². The molecule has 0 N–H and O–H groups in total. The van der Waals surface area contributed by atoms with E-state index in [9.17, 15) is 18.0 Å². The van der Waals surface area contributed by atoms with Gasteiger partial charge in [-0.05, 0) is 25.5 Å². The first-order valence-corrected chi connectivity index (χ1v) is 6.32. The van der Waals surface area contributed by atoms with Crippen LogP contribution in [0, 0.1) is 0 Å². The fourth-order valence-corrected chi connectivity index (χ4v) is 1.67. The van der Waals surface area contributed by atoms with Gasteiger partial charge in [-0.25, -0.2) is 9.78 Å². The molecule has 1 aromatic heterocycles. The van der Waals surface area contributed by atoms with Crippen LogP contribution in [0.2, 0.25) is 0 Å². The molecule has 0 aliphatic rings. The van der Waals surface area contributed by atoms with Crippen LogP contribution in [0.4, 0.5) is 19.0 Å². The van der Waals surface area contributed by atoms with E-state index < -0.39 is 18.7 Å². The first kappa shape index (κ1) is 16.3. The molecule has 0 unspecified atom stereocenters. The van der Waals surface area contributed by atoms with E-state index in [1.807, 2.05) is 0 Å². The zero-order valence-electron chi connectivity index (χ0n) is 11.4. The Labute approximate surface area is 115 Å². The second kappa shape index (κ2) is 7.12. The van der Waals surface area contributed by atoms with E-state index in [1.165, 1.54) is 18.3 Å². The molecule has 0 bridgehead atoms. The van der Waals surface area contributed by atoms with Crippen molar-refractivity contribution in [2.75, 3.05) is 24.6 Å². The fraction of sp³-hybridized carbons (Fsp3) is 0.538. The molecule has 0 aromatic carbocycles. The van der Waals surface area contributed by atoms with Crippen molar-refractivity contribution in [3.63, 3.8) is 0 Å². The maximum absolute atomic E-state index is 12.5. The number of hydrogen-bond donors (Lipinski definition) is 0. The van der Waals surface area contributed by atoms with Gasteiger partial charge in [0.05, 0.1) is 12.2 Å². The first-order chi connectivity index (χ1) is 9.37. The van der Waals surface area contributed by atoms with Crippen LogP contribution < -0.4 is 4.90 Å². The van der Waals surface area contributed by atoms with E-state index >= 15 is 0 Å². The SMILES string of the molecule is CCCN(CC(F)(F)F)c1ccc(C(=O)OCC)cn1. The van der Waals surface area contributed by atoms with Crippen LogP contribution in [0.15, 0.2) is 18.3 Å². The lowest BCUT2D eigenvalue weighted by Crippen LogP contribution is -2.35. The highest BCUT2D eigenvalue weighted by molar-refractivity contribution is 5.89. The van der Waals surface area contributed by atoms with Gasteiger partial charge in [0.25, 0.3) is 0 Å². The van der Waals surface area contributed by atoms with E-state index in [0.29, 0.717) is 6.42 Å². The smallest absolute Gasteiger partial charge is 0.405 e. The van der Waals surface area contributed by atoms with Crippen LogP contribution in [0.1, 0.15) is 30.6 Å². The highest BCUT2D eigenvalue weighted by Crippen LogP contribution is 2.21. The summed E-state index contributed by atoms with van der Waals surface area (Å²) in [5.74, 6) is -0.346. The minimum absolute atomic E-state index is 0.192. The minimum Gasteiger partial charge on any atom is -0.462 e. The summed E-state index contributed by atoms with van der Waals surface area (Å²) >= 11 is 0. The Morgan fingerprint density at radius 3 is 2.50 bits per heavy atom. The Morgan fingerprint density at radius 1 is 1.35 bits per heavy atom. The van der Waals surface area contributed by atoms with Crippen molar-refractivity contribution < 1.29 is 22.7 Å². The van der Waals surface area contributed by atoms with Crippen LogP contribution in [-0.4, -0.2) is 36.8 Å². The third kappa shape index (κ3) is 5.07. The van der Waals surface area contributed by atoms with Gasteiger partial charge < -0.3 is 9.64 Å². The lowest BCUT2D eigenvalue weighted by Gasteiger charge is -2.24. The number of alkyl halides is 3. The van der Waals surface area contributed by atoms with Gasteiger partial charge >= 0.3 is 12.1 Å². The van der Waals surface area contributed by atoms with Crippen LogP contribution in [0.3, 0.4) is 0 Å². The van der Waals surface area contributed by atoms with Crippen molar-refractivity contribution in [2.45, 2.75) is 26.4 Å². The molecule has 0 aliphatic heterocycles. The number of rotatable bonds is 6. The Hall–Kier alpha value is -1.79. The summed E-state index contributed by atoms with van der Waals surface area (Å²) in [6, 6.07) is 2.81. The van der Waals surface area contributed by atoms with Gasteiger partial charge in [0.15, 0.2) is 0 Å². The largest absolute Gasteiger partial charge is 0.462 e. The number of aromatic nitrogens is 1. The molecule has 0 atom stereocenters. The molecule has 20 heavy (non-hydrogen) atoms. The fourth-order valence-electron chi connectivity index (χ4n) is 1.67. The predicted octanol–water partition coefficient (Wildman–Crippen LogP) is 3.04. The van der Waals surface area contributed by atoms with Crippen LogP contribution in [0.25, 0.3) is 0 Å². The number of carbonyl (C=O) groups excluding carboxylic acids is 1. The number of ether oxygens (including phenoxy) is 1. The molecular weight excluding hydrogens is 273 g/mol. The molecule has 112 valence electrons. The molecule has 4 nitrogen and oxygen atoms in total. The Balaban J connectivity index is 2.85. The van der Waals surface area contributed by atoms with Crippen LogP contribution in [-0.2, 0) is 4.74 Å². The van der Waals surface area contributed by atoms with Gasteiger partial charge in [-0.1, -0.05) is 6.92 Å². The summed E-state index contributed by atoms with van der Waals surface area (Å²) in [6.07, 6.45) is -2.50. The standard InChI is InChI=1S/C13H17F3N2O2/c1-3-7-18(9-13(14,15)16)11-6-5-10(8-17-11)12(19)20-4-2/h5-6,8H,3-4,7,9H2,1-2H3. The van der Waals surface area contributed by atoms with Gasteiger partial charge in [0, 0.05) is 12.7 Å². The molecule has 0 aliphatic carbocycles. The van der Waals surface area contributed by atoms with Gasteiger partial charge in [-0.2, -0.15) is 13.2 Å². The van der Waals surface area contributed by atoms with E-state index in [4.69, 9.17) is 4.74 Å². The number of pyridine rings is 1. The van der Waals surface area contributed by atoms with E-state index in [1.54, 1.807) is 13.8 Å². The van der Waals surface area contributed by atoms with Crippen molar-refractivity contribution in [3.8, 4) is 0 Å². The van der Waals surface area contributed by atoms with E-state index in [-0.39, 0.29) is 24.5 Å². The third-order valence-corrected chi connectivity index (χ3v) is 2.45. The lowest BCUT2D eigenvalue weighted by atomic mass is 10.2. The molecule has 1 rings (SSSR count). The molecule has 0 fully saturated rings. The number of carbonyl (C=O) groups is 1. The summed E-state index contributed by atoms with van der Waals surface area (Å²) in [7, 11) is 0. The average molecular weight is 290 g/mol. The summed E-state index contributed by atoms with van der Waals surface area (Å²) in [6.45, 7) is 2.87. The molecule has 0 saturated carbocycles. The van der Waals surface area contributed by atoms with Crippen molar-refractivity contribution in [1.29, 1.82) is 0 Å². The molecule has 0 amide bonds. The maximum atomic E-state index is 12.5. The summed E-state index contributed by atoms with van der Waals surface area (Å²) in [5, 5.41) is 0. The summed E-state index contributed by atoms with van der Waals surface area (Å²) in [5.41, 5.74) is 0.221. The van der Waals surface area contributed by atoms with Gasteiger partial charge in [0.1, 0.15) is 12.4 Å². The van der Waals surface area contributed by atoms with Gasteiger partial charge in [-0.3, -0.25) is 0 Å². The number of nitrogens with zero attached hydrogens (tertiary/aromatic N) is 2. The van der Waals surface area contributed by atoms with Crippen molar-refractivity contribution in [2.24, 2.45) is 0 Å². The molecule has 1 aromatic rings. The molecule has 7 heteroatoms. The third-order valence-electron chi connectivity index (χ3n) is 2.45. The lowest BCUT2D eigenvalue weighted by molar-refractivity contribution is -0.119. The topological polar surface area (TPSA) is 42.4 Å². The average Bonchev–Trinajstić information content (AvgIpc) is 2.37. The van der Waals surface area contributed by atoms with Crippen molar-refractivity contribution >= 4 is 11.8 Å². The number of hydrogen-bond acceptors (Lipinski definition) is 4. The van der Waals surface area contributed by atoms with E-state index in [0.717, 1.165) is 4.90 Å². The monoisotopic (exact) mass is 290 g/mol. The van der Waals surface area contributed by atoms with Crippen LogP contribution >= 0.6 is 0 Å².